The number of esters is 1. The topological polar surface area (TPSA) is 104 Å². The van der Waals surface area contributed by atoms with Gasteiger partial charge in [0.25, 0.3) is 5.56 Å². The van der Waals surface area contributed by atoms with E-state index in [0.717, 1.165) is 10.9 Å². The molecule has 5 rings (SSSR count). The van der Waals surface area contributed by atoms with Gasteiger partial charge in [-0.2, -0.15) is 0 Å². The van der Waals surface area contributed by atoms with Crippen LogP contribution in [0.2, 0.25) is 0 Å². The number of aliphatic hydroxyl groups excluding tert-OH is 1. The van der Waals surface area contributed by atoms with Crippen LogP contribution >= 0.6 is 0 Å². The van der Waals surface area contributed by atoms with Gasteiger partial charge < -0.3 is 19.1 Å². The summed E-state index contributed by atoms with van der Waals surface area (Å²) < 4.78 is 11.6. The van der Waals surface area contributed by atoms with Gasteiger partial charge in [0.15, 0.2) is 6.10 Å². The lowest BCUT2D eigenvalue weighted by atomic mass is 10.0. The van der Waals surface area contributed by atoms with Gasteiger partial charge in [-0.25, -0.2) is 14.8 Å². The van der Waals surface area contributed by atoms with Crippen molar-refractivity contribution in [2.75, 3.05) is 7.11 Å². The third-order valence-electron chi connectivity index (χ3n) is 4.85. The summed E-state index contributed by atoms with van der Waals surface area (Å²) >= 11 is 0. The normalized spacial score (nSPS) is 15.5. The fourth-order valence-corrected chi connectivity index (χ4v) is 3.52. The molecule has 0 fully saturated rings. The number of aliphatic hydroxyl groups is 1. The van der Waals surface area contributed by atoms with Crippen LogP contribution in [0.25, 0.3) is 22.3 Å². The van der Waals surface area contributed by atoms with E-state index in [0.29, 0.717) is 40.5 Å². The first-order valence-electron chi connectivity index (χ1n) is 10.0. The van der Waals surface area contributed by atoms with Gasteiger partial charge in [0.05, 0.1) is 42.3 Å². The lowest BCUT2D eigenvalue weighted by Gasteiger charge is -2.21. The highest BCUT2D eigenvalue weighted by molar-refractivity contribution is 5.85. The summed E-state index contributed by atoms with van der Waals surface area (Å²) in [5, 5.41) is 11.0. The summed E-state index contributed by atoms with van der Waals surface area (Å²) in [6.45, 7) is 8.24. The number of cyclic esters (lactones) is 1. The average Bonchev–Trinajstić information content (AvgIpc) is 3.15. The minimum atomic E-state index is -1.45. The Balaban J connectivity index is 0.000000606. The maximum Gasteiger partial charge on any atom is 0.340 e. The third kappa shape index (κ3) is 3.33. The van der Waals surface area contributed by atoms with Crippen molar-refractivity contribution in [3.8, 4) is 17.3 Å². The molecule has 1 atom stereocenters. The first-order valence-corrected chi connectivity index (χ1v) is 10.0. The molecule has 1 N–H and O–H groups in total. The predicted molar refractivity (Wildman–Crippen MR) is 112 cm³/mol. The molecule has 158 valence electrons. The van der Waals surface area contributed by atoms with Crippen LogP contribution in [0, 0.1) is 0 Å². The van der Waals surface area contributed by atoms with Gasteiger partial charge >= 0.3 is 5.97 Å². The molecule has 2 aliphatic heterocycles. The first kappa shape index (κ1) is 21.4. The van der Waals surface area contributed by atoms with Crippen molar-refractivity contribution in [2.24, 2.45) is 0 Å². The fourth-order valence-electron chi connectivity index (χ4n) is 3.52. The number of ether oxygens (including phenoxy) is 2. The van der Waals surface area contributed by atoms with Crippen LogP contribution in [0.4, 0.5) is 0 Å². The minimum absolute atomic E-state index is 0.128. The lowest BCUT2D eigenvalue weighted by molar-refractivity contribution is -0.157. The number of methoxy groups -OCH3 is 1. The van der Waals surface area contributed by atoms with Crippen molar-refractivity contribution in [3.63, 3.8) is 0 Å². The molecule has 3 aromatic rings. The number of fused-ring (bicyclic) bond motifs is 5. The fraction of sp³-hybridized carbons (Fsp3) is 0.364. The minimum Gasteiger partial charge on any atom is -0.481 e. The molecule has 0 radical (unpaired) electrons. The zero-order chi connectivity index (χ0) is 22.0. The van der Waals surface area contributed by atoms with Crippen LogP contribution in [-0.4, -0.2) is 32.7 Å². The van der Waals surface area contributed by atoms with Gasteiger partial charge in [-0.3, -0.25) is 4.79 Å². The smallest absolute Gasteiger partial charge is 0.340 e. The van der Waals surface area contributed by atoms with Crippen LogP contribution in [-0.2, 0) is 22.7 Å². The van der Waals surface area contributed by atoms with Crippen molar-refractivity contribution in [3.05, 3.63) is 51.4 Å². The SMILES string of the molecule is CC.CC.COc1cc2cc3c(nc2cn1)-c1cc2c(c(=O)n1C3)COC(=O)C2O. The second-order valence-corrected chi connectivity index (χ2v) is 6.28. The van der Waals surface area contributed by atoms with Gasteiger partial charge in [-0.15, -0.1) is 0 Å². The van der Waals surface area contributed by atoms with Crippen LogP contribution in [0.15, 0.2) is 29.2 Å². The van der Waals surface area contributed by atoms with Crippen LogP contribution < -0.4 is 10.3 Å². The number of aromatic nitrogens is 3. The maximum absolute atomic E-state index is 12.8. The van der Waals surface area contributed by atoms with Gasteiger partial charge in [0, 0.05) is 22.6 Å². The molecule has 0 bridgehead atoms. The highest BCUT2D eigenvalue weighted by Gasteiger charge is 2.33. The Morgan fingerprint density at radius 2 is 1.90 bits per heavy atom. The molecule has 0 aliphatic carbocycles. The molecule has 5 heterocycles. The monoisotopic (exact) mass is 411 g/mol. The largest absolute Gasteiger partial charge is 0.481 e. The number of hydrogen-bond acceptors (Lipinski definition) is 7. The number of hydrogen-bond donors (Lipinski definition) is 1. The molecular formula is C22H25N3O5. The molecule has 0 saturated carbocycles. The molecule has 8 heteroatoms. The molecule has 8 nitrogen and oxygen atoms in total. The van der Waals surface area contributed by atoms with E-state index in [1.165, 1.54) is 0 Å². The Bertz CT molecular complexity index is 1170. The van der Waals surface area contributed by atoms with Gasteiger partial charge in [-0.05, 0) is 12.1 Å². The standard InChI is InChI=1S/C18H13N3O5.2C2H6/c1-25-14-3-8-2-9-6-21-13(15(9)20-12(8)5-19-14)4-10-11(17(21)23)7-26-18(24)16(10)22;2*1-2/h2-5,16,22H,6-7H2,1H3;2*1-2H3. The summed E-state index contributed by atoms with van der Waals surface area (Å²) in [4.78, 5) is 33.2. The van der Waals surface area contributed by atoms with Gasteiger partial charge in [-0.1, -0.05) is 27.7 Å². The van der Waals surface area contributed by atoms with E-state index in [-0.39, 0.29) is 12.2 Å². The highest BCUT2D eigenvalue weighted by atomic mass is 16.5. The summed E-state index contributed by atoms with van der Waals surface area (Å²) in [6.07, 6.45) is 0.160. The van der Waals surface area contributed by atoms with Crippen LogP contribution in [0.3, 0.4) is 0 Å². The summed E-state index contributed by atoms with van der Waals surface area (Å²) in [6, 6.07) is 5.39. The zero-order valence-electron chi connectivity index (χ0n) is 17.7. The highest BCUT2D eigenvalue weighted by Crippen LogP contribution is 2.35. The summed E-state index contributed by atoms with van der Waals surface area (Å²) in [7, 11) is 1.55. The van der Waals surface area contributed by atoms with Crippen molar-refractivity contribution < 1.29 is 19.4 Å². The van der Waals surface area contributed by atoms with E-state index in [9.17, 15) is 14.7 Å². The van der Waals surface area contributed by atoms with Crippen molar-refractivity contribution in [1.29, 1.82) is 0 Å². The number of rotatable bonds is 1. The Labute approximate surface area is 174 Å². The maximum atomic E-state index is 12.8. The second kappa shape index (κ2) is 8.62. The predicted octanol–water partition coefficient (Wildman–Crippen LogP) is 2.97. The van der Waals surface area contributed by atoms with Crippen molar-refractivity contribution in [1.82, 2.24) is 14.5 Å². The molecule has 30 heavy (non-hydrogen) atoms. The van der Waals surface area contributed by atoms with E-state index < -0.39 is 12.1 Å². The summed E-state index contributed by atoms with van der Waals surface area (Å²) in [5.41, 5.74) is 3.10. The second-order valence-electron chi connectivity index (χ2n) is 6.28. The Morgan fingerprint density at radius 1 is 1.17 bits per heavy atom. The number of carbonyl (C=O) groups is 1. The van der Waals surface area contributed by atoms with Crippen molar-refractivity contribution >= 4 is 16.9 Å². The molecule has 0 aromatic carbocycles. The molecular weight excluding hydrogens is 386 g/mol. The Morgan fingerprint density at radius 3 is 2.60 bits per heavy atom. The van der Waals surface area contributed by atoms with E-state index in [2.05, 4.69) is 9.97 Å². The molecule has 0 saturated heterocycles. The molecule has 3 aromatic heterocycles. The Kier molecular flexibility index (Phi) is 6.17. The molecule has 0 spiro atoms. The molecule has 0 amide bonds. The number of nitrogens with zero attached hydrogens (tertiary/aromatic N) is 3. The van der Waals surface area contributed by atoms with E-state index >= 15 is 0 Å². The average molecular weight is 411 g/mol. The zero-order valence-corrected chi connectivity index (χ0v) is 17.7. The Hall–Kier alpha value is -3.26. The molecule has 1 unspecified atom stereocenters. The third-order valence-corrected chi connectivity index (χ3v) is 4.85. The summed E-state index contributed by atoms with van der Waals surface area (Å²) in [5.74, 6) is -0.260. The lowest BCUT2D eigenvalue weighted by Crippen LogP contribution is -2.32. The van der Waals surface area contributed by atoms with E-state index in [1.54, 1.807) is 30.0 Å². The van der Waals surface area contributed by atoms with E-state index in [1.807, 2.05) is 33.8 Å². The quantitative estimate of drug-likeness (QED) is 0.480. The number of carbonyl (C=O) groups excluding carboxylic acids is 1. The molecule has 2 aliphatic rings. The van der Waals surface area contributed by atoms with Gasteiger partial charge in [0.2, 0.25) is 5.88 Å². The number of pyridine rings is 3. The van der Waals surface area contributed by atoms with Gasteiger partial charge in [0.1, 0.15) is 6.61 Å². The van der Waals surface area contributed by atoms with Crippen LogP contribution in [0.1, 0.15) is 50.5 Å². The van der Waals surface area contributed by atoms with Crippen molar-refractivity contribution in [2.45, 2.75) is 47.0 Å². The van der Waals surface area contributed by atoms with E-state index in [4.69, 9.17) is 9.47 Å². The van der Waals surface area contributed by atoms with Crippen LogP contribution in [0.5, 0.6) is 5.88 Å². The first-order chi connectivity index (χ1) is 14.6.